The Morgan fingerprint density at radius 3 is 2.76 bits per heavy atom. The fourth-order valence-electron chi connectivity index (χ4n) is 1.82. The lowest BCUT2D eigenvalue weighted by Crippen LogP contribution is -2.33. The van der Waals surface area contributed by atoms with Crippen LogP contribution in [0.5, 0.6) is 0 Å². The first-order chi connectivity index (χ1) is 8.10. The maximum Gasteiger partial charge on any atom is 0.0663 e. The van der Waals surface area contributed by atoms with Crippen LogP contribution in [0.4, 0.5) is 5.69 Å². The molecule has 0 aliphatic heterocycles. The summed E-state index contributed by atoms with van der Waals surface area (Å²) in [5, 5.41) is 3.20. The molecule has 0 saturated heterocycles. The lowest BCUT2D eigenvalue weighted by Gasteiger charge is -2.28. The standard InChI is InChI=1S/C13H21BrN2O/c1-10(9-17-4)16(3)13-6-5-12(14)7-11(13)8-15-2/h5-7,10,15H,8-9H2,1-4H3. The molecule has 0 bridgehead atoms. The molecule has 4 heteroatoms. The number of ether oxygens (including phenoxy) is 1. The van der Waals surface area contributed by atoms with Crippen LogP contribution in [-0.2, 0) is 11.3 Å². The number of halogens is 1. The van der Waals surface area contributed by atoms with Crippen molar-refractivity contribution < 1.29 is 4.74 Å². The Bertz CT molecular complexity index is 357. The molecule has 0 heterocycles. The highest BCUT2D eigenvalue weighted by atomic mass is 79.9. The number of rotatable bonds is 6. The Morgan fingerprint density at radius 2 is 2.18 bits per heavy atom. The minimum absolute atomic E-state index is 0.358. The van der Waals surface area contributed by atoms with Gasteiger partial charge in [-0.1, -0.05) is 15.9 Å². The summed E-state index contributed by atoms with van der Waals surface area (Å²) in [5.74, 6) is 0. The number of benzene rings is 1. The first-order valence-corrected chi connectivity index (χ1v) is 6.54. The van der Waals surface area contributed by atoms with Gasteiger partial charge in [-0.05, 0) is 37.7 Å². The summed E-state index contributed by atoms with van der Waals surface area (Å²) >= 11 is 3.51. The van der Waals surface area contributed by atoms with Crippen LogP contribution in [0.1, 0.15) is 12.5 Å². The predicted molar refractivity (Wildman–Crippen MR) is 76.6 cm³/mol. The molecule has 1 aromatic rings. The smallest absolute Gasteiger partial charge is 0.0663 e. The largest absolute Gasteiger partial charge is 0.383 e. The van der Waals surface area contributed by atoms with Crippen LogP contribution < -0.4 is 10.2 Å². The zero-order valence-corrected chi connectivity index (χ0v) is 12.5. The molecule has 0 aliphatic carbocycles. The van der Waals surface area contributed by atoms with Crippen LogP contribution in [0.3, 0.4) is 0 Å². The second-order valence-corrected chi connectivity index (χ2v) is 5.13. The van der Waals surface area contributed by atoms with Crippen LogP contribution in [-0.4, -0.2) is 33.9 Å². The molecular weight excluding hydrogens is 280 g/mol. The fraction of sp³-hybridized carbons (Fsp3) is 0.538. The lowest BCUT2D eigenvalue weighted by molar-refractivity contribution is 0.183. The Hall–Kier alpha value is -0.580. The molecule has 0 aromatic heterocycles. The summed E-state index contributed by atoms with van der Waals surface area (Å²) in [7, 11) is 5.80. The average Bonchev–Trinajstić information content (AvgIpc) is 2.29. The highest BCUT2D eigenvalue weighted by Crippen LogP contribution is 2.25. The van der Waals surface area contributed by atoms with E-state index >= 15 is 0 Å². The second kappa shape index (κ2) is 6.99. The SMILES string of the molecule is CNCc1cc(Br)ccc1N(C)C(C)COC. The topological polar surface area (TPSA) is 24.5 Å². The van der Waals surface area contributed by atoms with Gasteiger partial charge in [0, 0.05) is 36.9 Å². The number of likely N-dealkylation sites (N-methyl/N-ethyl adjacent to an activating group) is 1. The van der Waals surface area contributed by atoms with Gasteiger partial charge in [-0.25, -0.2) is 0 Å². The van der Waals surface area contributed by atoms with Crippen LogP contribution in [0, 0.1) is 0 Å². The molecule has 1 unspecified atom stereocenters. The minimum atomic E-state index is 0.358. The van der Waals surface area contributed by atoms with E-state index in [4.69, 9.17) is 4.74 Å². The van der Waals surface area contributed by atoms with Gasteiger partial charge >= 0.3 is 0 Å². The zero-order chi connectivity index (χ0) is 12.8. The van der Waals surface area contributed by atoms with Gasteiger partial charge < -0.3 is 15.0 Å². The molecule has 0 aliphatic rings. The van der Waals surface area contributed by atoms with Crippen molar-refractivity contribution in [2.45, 2.75) is 19.5 Å². The van der Waals surface area contributed by atoms with Gasteiger partial charge in [0.2, 0.25) is 0 Å². The molecule has 3 nitrogen and oxygen atoms in total. The molecule has 0 saturated carbocycles. The molecule has 1 rings (SSSR count). The highest BCUT2D eigenvalue weighted by molar-refractivity contribution is 9.10. The van der Waals surface area contributed by atoms with E-state index in [9.17, 15) is 0 Å². The molecular formula is C13H21BrN2O. The van der Waals surface area contributed by atoms with Gasteiger partial charge in [-0.2, -0.15) is 0 Å². The minimum Gasteiger partial charge on any atom is -0.383 e. The second-order valence-electron chi connectivity index (χ2n) is 4.22. The van der Waals surface area contributed by atoms with E-state index in [0.29, 0.717) is 6.04 Å². The number of hydrogen-bond acceptors (Lipinski definition) is 3. The monoisotopic (exact) mass is 300 g/mol. The van der Waals surface area contributed by atoms with Crippen molar-refractivity contribution in [2.24, 2.45) is 0 Å². The van der Waals surface area contributed by atoms with E-state index in [1.807, 2.05) is 7.05 Å². The summed E-state index contributed by atoms with van der Waals surface area (Å²) in [6, 6.07) is 6.73. The third-order valence-corrected chi connectivity index (χ3v) is 3.35. The van der Waals surface area contributed by atoms with E-state index in [2.05, 4.69) is 58.3 Å². The molecule has 1 N–H and O–H groups in total. The third-order valence-electron chi connectivity index (χ3n) is 2.86. The third kappa shape index (κ3) is 3.98. The quantitative estimate of drug-likeness (QED) is 0.874. The van der Waals surface area contributed by atoms with E-state index in [1.54, 1.807) is 7.11 Å². The molecule has 0 fully saturated rings. The van der Waals surface area contributed by atoms with E-state index in [1.165, 1.54) is 11.3 Å². The van der Waals surface area contributed by atoms with Gasteiger partial charge in [0.15, 0.2) is 0 Å². The Kier molecular flexibility index (Phi) is 5.95. The van der Waals surface area contributed by atoms with E-state index < -0.39 is 0 Å². The van der Waals surface area contributed by atoms with E-state index in [0.717, 1.165) is 17.6 Å². The number of nitrogens with one attached hydrogen (secondary N) is 1. The van der Waals surface area contributed by atoms with Gasteiger partial charge in [0.05, 0.1) is 6.61 Å². The summed E-state index contributed by atoms with van der Waals surface area (Å²) in [4.78, 5) is 2.25. The first kappa shape index (κ1) is 14.5. The van der Waals surface area contributed by atoms with Crippen molar-refractivity contribution in [3.63, 3.8) is 0 Å². The predicted octanol–water partition coefficient (Wildman–Crippen LogP) is 2.64. The summed E-state index contributed by atoms with van der Waals surface area (Å²) in [6.45, 7) is 3.75. The van der Waals surface area contributed by atoms with E-state index in [-0.39, 0.29) is 0 Å². The van der Waals surface area contributed by atoms with Crippen molar-refractivity contribution in [1.82, 2.24) is 5.32 Å². The molecule has 0 amide bonds. The number of hydrogen-bond donors (Lipinski definition) is 1. The summed E-state index contributed by atoms with van der Waals surface area (Å²) < 4.78 is 6.31. The zero-order valence-electron chi connectivity index (χ0n) is 11.0. The first-order valence-electron chi connectivity index (χ1n) is 5.75. The van der Waals surface area contributed by atoms with Crippen molar-refractivity contribution in [3.05, 3.63) is 28.2 Å². The van der Waals surface area contributed by atoms with Crippen molar-refractivity contribution in [2.75, 3.05) is 32.7 Å². The number of nitrogens with zero attached hydrogens (tertiary/aromatic N) is 1. The average molecular weight is 301 g/mol. The van der Waals surface area contributed by atoms with Crippen molar-refractivity contribution >= 4 is 21.6 Å². The normalized spacial score (nSPS) is 12.5. The number of methoxy groups -OCH3 is 1. The fourth-order valence-corrected chi connectivity index (χ4v) is 2.23. The van der Waals surface area contributed by atoms with Gasteiger partial charge in [0.25, 0.3) is 0 Å². The molecule has 1 atom stereocenters. The summed E-state index contributed by atoms with van der Waals surface area (Å²) in [5.41, 5.74) is 2.53. The van der Waals surface area contributed by atoms with Gasteiger partial charge in [-0.3, -0.25) is 0 Å². The van der Waals surface area contributed by atoms with Crippen LogP contribution >= 0.6 is 15.9 Å². The van der Waals surface area contributed by atoms with Crippen LogP contribution in [0.25, 0.3) is 0 Å². The maximum absolute atomic E-state index is 5.20. The van der Waals surface area contributed by atoms with Crippen molar-refractivity contribution in [3.8, 4) is 0 Å². The lowest BCUT2D eigenvalue weighted by atomic mass is 10.1. The van der Waals surface area contributed by atoms with Gasteiger partial charge in [-0.15, -0.1) is 0 Å². The summed E-state index contributed by atoms with van der Waals surface area (Å²) in [6.07, 6.45) is 0. The van der Waals surface area contributed by atoms with Crippen molar-refractivity contribution in [1.29, 1.82) is 0 Å². The Morgan fingerprint density at radius 1 is 1.47 bits per heavy atom. The van der Waals surface area contributed by atoms with Crippen LogP contribution in [0.15, 0.2) is 22.7 Å². The molecule has 96 valence electrons. The molecule has 0 radical (unpaired) electrons. The molecule has 1 aromatic carbocycles. The maximum atomic E-state index is 5.20. The molecule has 17 heavy (non-hydrogen) atoms. The Labute approximate surface area is 112 Å². The molecule has 0 spiro atoms. The van der Waals surface area contributed by atoms with Crippen LogP contribution in [0.2, 0.25) is 0 Å². The highest BCUT2D eigenvalue weighted by Gasteiger charge is 2.13. The van der Waals surface area contributed by atoms with Gasteiger partial charge in [0.1, 0.15) is 0 Å². The Balaban J connectivity index is 2.94. The number of anilines is 1.